The van der Waals surface area contributed by atoms with Gasteiger partial charge in [-0.25, -0.2) is 58.9 Å². The maximum atomic E-state index is 15.5. The number of piperazine rings is 3. The van der Waals surface area contributed by atoms with Gasteiger partial charge in [0.1, 0.15) is 56.9 Å². The number of halogens is 15. The average Bonchev–Trinajstić information content (AvgIpc) is 0.726. The highest BCUT2D eigenvalue weighted by Crippen LogP contribution is 2.49. The molecular weight excluding hydrogens is 1930 g/mol. The van der Waals surface area contributed by atoms with E-state index in [-0.39, 0.29) is 199 Å². The number of pyridine rings is 9. The molecule has 140 heavy (non-hydrogen) atoms. The Morgan fingerprint density at radius 2 is 0.693 bits per heavy atom. The molecule has 42 heteroatoms. The van der Waals surface area contributed by atoms with Gasteiger partial charge in [0.25, 0.3) is 16.7 Å². The number of benzene rings is 3. The molecule has 3 aromatic carbocycles. The van der Waals surface area contributed by atoms with Crippen molar-refractivity contribution < 1.29 is 58.3 Å². The third-order valence-electron chi connectivity index (χ3n) is 24.7. The summed E-state index contributed by atoms with van der Waals surface area (Å²) in [5.41, 5.74) is 12.1. The number of rotatable bonds is 15. The Kier molecular flexibility index (Phi) is 29.7. The molecule has 12 aromatic rings. The molecule has 0 saturated carbocycles. The molecule has 3 aliphatic rings. The maximum absolute atomic E-state index is 15.5. The van der Waals surface area contributed by atoms with Gasteiger partial charge in [-0.3, -0.25) is 57.4 Å². The molecule has 15 rings (SSSR count). The van der Waals surface area contributed by atoms with E-state index in [1.807, 2.05) is 74.5 Å². The lowest BCUT2D eigenvalue weighted by Crippen LogP contribution is -2.58. The second kappa shape index (κ2) is 40.3. The van der Waals surface area contributed by atoms with E-state index in [4.69, 9.17) is 75.2 Å². The van der Waals surface area contributed by atoms with Crippen LogP contribution in [0.25, 0.3) is 83.9 Å². The van der Waals surface area contributed by atoms with Gasteiger partial charge in [0, 0.05) is 111 Å². The van der Waals surface area contributed by atoms with Crippen molar-refractivity contribution in [3.63, 3.8) is 0 Å². The minimum atomic E-state index is -2.12. The second-order valence-electron chi connectivity index (χ2n) is 34.8. The van der Waals surface area contributed by atoms with Crippen LogP contribution in [0.5, 0.6) is 0 Å². The smallest absolute Gasteiger partial charge is 0.276 e. The maximum Gasteiger partial charge on any atom is 0.276 e. The highest BCUT2D eigenvalue weighted by Gasteiger charge is 2.42. The summed E-state index contributed by atoms with van der Waals surface area (Å²) in [6, 6.07) is 13.4. The van der Waals surface area contributed by atoms with Crippen molar-refractivity contribution in [3.05, 3.63) is 258 Å². The minimum Gasteiger partial charge on any atom is -0.396 e. The van der Waals surface area contributed by atoms with Gasteiger partial charge in [-0.05, 0) is 144 Å². The highest BCUT2D eigenvalue weighted by atomic mass is 35.5. The van der Waals surface area contributed by atoms with Gasteiger partial charge in [0.2, 0.25) is 17.7 Å². The van der Waals surface area contributed by atoms with Crippen LogP contribution in [0.2, 0.25) is 25.1 Å². The lowest BCUT2D eigenvalue weighted by atomic mass is 10.0. The predicted octanol–water partition coefficient (Wildman–Crippen LogP) is 19.1. The first-order valence-electron chi connectivity index (χ1n) is 43.4. The quantitative estimate of drug-likeness (QED) is 0.0282. The van der Waals surface area contributed by atoms with Gasteiger partial charge in [-0.2, -0.15) is 15.8 Å². The van der Waals surface area contributed by atoms with Crippen molar-refractivity contribution >= 4 is 143 Å². The molecule has 9 aromatic heterocycles. The summed E-state index contributed by atoms with van der Waals surface area (Å²) < 4.78 is 151. The SMILES string of the molecule is C=CC(=O)N1CCN(c2c(C#N)c(=O)n(-c3c(C)ccnc3C(C)C)c3nc(-c4c(F)c(F)c(F)c(N)c4Cl)c(Cl)cc23)C[C@H]1C.C=CC(=O)N1[C@H](C)CN(c2c(C#N)c(=O)n(-c3c(C)ccnc3C(C)C)c3nc(-c4c(N)c(F)c(F)c(Cl)c4F)c(Cl)cc23)C[C@@H]1C.C=CC(=O)N1[C@H](C)CN(c2c(C#N)c(=O)n(-c3c(C)ccnc3C(C)C)c3nc(-c4c(N)c(F)c(F)c(F)c4F)c(Cl)cc23)C[C@@H]1C. The van der Waals surface area contributed by atoms with Gasteiger partial charge < -0.3 is 46.6 Å². The third-order valence-corrected chi connectivity index (χ3v) is 26.3. The lowest BCUT2D eigenvalue weighted by Gasteiger charge is -2.45. The fourth-order valence-electron chi connectivity index (χ4n) is 18.4. The molecule has 3 amide bonds. The van der Waals surface area contributed by atoms with Crippen LogP contribution >= 0.6 is 58.0 Å². The van der Waals surface area contributed by atoms with Gasteiger partial charge >= 0.3 is 0 Å². The number of carbonyl (C=O) groups is 3. The van der Waals surface area contributed by atoms with Gasteiger partial charge in [0.15, 0.2) is 58.2 Å². The molecule has 3 aliphatic heterocycles. The monoisotopic (exact) mass is 2020 g/mol. The molecule has 0 spiro atoms. The number of aryl methyl sites for hydroxylation is 3. The zero-order valence-corrected chi connectivity index (χ0v) is 81.3. The van der Waals surface area contributed by atoms with Crippen LogP contribution in [-0.2, 0) is 14.4 Å². The van der Waals surface area contributed by atoms with Crippen molar-refractivity contribution in [2.24, 2.45) is 0 Å². The van der Waals surface area contributed by atoms with Crippen LogP contribution in [0.3, 0.4) is 0 Å². The van der Waals surface area contributed by atoms with Crippen LogP contribution < -0.4 is 48.6 Å². The number of hydrogen-bond donors (Lipinski definition) is 3. The third kappa shape index (κ3) is 17.7. The molecule has 0 aliphatic carbocycles. The molecule has 3 fully saturated rings. The topological polar surface area (TPSA) is 363 Å². The summed E-state index contributed by atoms with van der Waals surface area (Å²) in [5, 5.41) is 29.3. The number of fused-ring (bicyclic) bond motifs is 3. The highest BCUT2D eigenvalue weighted by molar-refractivity contribution is 6.38. The summed E-state index contributed by atoms with van der Waals surface area (Å²) in [6.07, 6.45) is 8.38. The molecule has 27 nitrogen and oxygen atoms in total. The van der Waals surface area contributed by atoms with Gasteiger partial charge in [0.05, 0.1) is 122 Å². The average molecular weight is 2020 g/mol. The molecule has 0 unspecified atom stereocenters. The van der Waals surface area contributed by atoms with Crippen LogP contribution in [0.1, 0.15) is 144 Å². The fraction of sp³-hybridized carbons (Fsp3) is 0.296. The van der Waals surface area contributed by atoms with E-state index in [1.165, 1.54) is 45.6 Å². The molecule has 6 N–H and O–H groups in total. The Morgan fingerprint density at radius 3 is 1.02 bits per heavy atom. The number of amides is 3. The molecule has 3 saturated heterocycles. The molecule has 5 atom stereocenters. The van der Waals surface area contributed by atoms with Gasteiger partial charge in [-0.1, -0.05) is 119 Å². The van der Waals surface area contributed by atoms with Crippen LogP contribution in [0, 0.1) is 113 Å². The number of anilines is 6. The van der Waals surface area contributed by atoms with E-state index < -0.39 is 136 Å². The van der Waals surface area contributed by atoms with Gasteiger partial charge in [-0.15, -0.1) is 0 Å². The Morgan fingerprint density at radius 1 is 0.400 bits per heavy atom. The minimum absolute atomic E-state index is 0.0765. The number of hydrogen-bond acceptors (Lipinski definition) is 21. The van der Waals surface area contributed by atoms with E-state index in [2.05, 4.69) is 55.7 Å². The Hall–Kier alpha value is -14.2. The largest absolute Gasteiger partial charge is 0.396 e. The number of carbonyl (C=O) groups excluding carboxylic acids is 3. The van der Waals surface area contributed by atoms with E-state index in [9.17, 15) is 75.3 Å². The zero-order valence-electron chi connectivity index (χ0n) is 77.5. The molecule has 726 valence electrons. The first kappa shape index (κ1) is 103. The predicted molar refractivity (Wildman–Crippen MR) is 520 cm³/mol. The van der Waals surface area contributed by atoms with E-state index in [1.54, 1.807) is 101 Å². The molecule has 0 radical (unpaired) electrons. The molecule has 0 bridgehead atoms. The number of nitrogens with two attached hydrogens (primary N) is 3. The fourth-order valence-corrected chi connectivity index (χ4v) is 19.6. The van der Waals surface area contributed by atoms with Crippen LogP contribution in [0.4, 0.5) is 78.0 Å². The summed E-state index contributed by atoms with van der Waals surface area (Å²) in [6.45, 7) is 37.8. The number of nitrogens with zero attached hydrogens (tertiary/aromatic N) is 18. The van der Waals surface area contributed by atoms with E-state index in [0.717, 1.165) is 4.57 Å². The standard InChI is InChI=1S/C33H30Cl2F3N7O2.C33H30ClF4N7O2.C32H28Cl2F3N7O2/c1-7-21(46)44-16(5)12-43(13-17(44)6)31-18-10-20(34)29(22-24(36)23(35)25(37)26(38)27(22)40)42-32(18)45(33(47)19(31)11-39)30-15(4)8-9-41-28(30)14(2)3;1-7-21(46)44-16(5)12-43(13-17(44)6)31-18-10-20(34)29(22-23(35)24(36)25(37)26(38)27(22)40)42-32(18)45(33(47)19(31)11-39)30-15(4)8-9-41-28(30)14(2)3;1-6-20(45)43-10-9-42(13-16(43)5)30-17-11-19(33)28(21-22(34)26(39)25(37)24(36)23(21)35)41-31(17)44(32(46)18(30)12-38)29-15(4)7-8-40-27(29)14(2)3/h2*7-10,14,16-17H,1,12-13,40H2,2-6H3;6-8,11,14,16H,1,9-10,13,39H2,2-5H3/t2*16-,17+;16-/m..1/s1. The first-order chi connectivity index (χ1) is 66.0. The van der Waals surface area contributed by atoms with Crippen LogP contribution in [0.15, 0.2) is 107 Å². The summed E-state index contributed by atoms with van der Waals surface area (Å²) in [4.78, 5) is 118. The molecular formula is C98H88Cl5F10N21O6. The van der Waals surface area contributed by atoms with Crippen molar-refractivity contribution in [2.45, 2.75) is 145 Å². The Bertz CT molecular complexity index is 7240. The van der Waals surface area contributed by atoms with Crippen molar-refractivity contribution in [1.29, 1.82) is 15.8 Å². The van der Waals surface area contributed by atoms with Crippen LogP contribution in [-0.4, -0.2) is 152 Å². The normalized spacial score (nSPS) is 16.1. The second-order valence-corrected chi connectivity index (χ2v) is 36.8. The number of nitriles is 3. The number of aromatic nitrogens is 9. The van der Waals surface area contributed by atoms with E-state index in [0.29, 0.717) is 45.1 Å². The van der Waals surface area contributed by atoms with E-state index >= 15 is 13.2 Å². The van der Waals surface area contributed by atoms with Crippen molar-refractivity contribution in [3.8, 4) is 69.0 Å². The summed E-state index contributed by atoms with van der Waals surface area (Å²) >= 11 is 32.1. The Balaban J connectivity index is 0.000000177. The Labute approximate surface area is 819 Å². The first-order valence-corrected chi connectivity index (χ1v) is 45.3. The van der Waals surface area contributed by atoms with Crippen molar-refractivity contribution in [2.75, 3.05) is 77.7 Å². The zero-order chi connectivity index (χ0) is 103. The molecule has 12 heterocycles. The summed E-state index contributed by atoms with van der Waals surface area (Å²) in [5.74, 6) is -19.2. The summed E-state index contributed by atoms with van der Waals surface area (Å²) in [7, 11) is 0. The lowest BCUT2D eigenvalue weighted by molar-refractivity contribution is -0.131. The van der Waals surface area contributed by atoms with Crippen molar-refractivity contribution in [1.82, 2.24) is 58.3 Å². The number of nitrogen functional groups attached to an aromatic ring is 3.